The summed E-state index contributed by atoms with van der Waals surface area (Å²) in [7, 11) is 0. The van der Waals surface area contributed by atoms with Crippen LogP contribution >= 0.6 is 0 Å². The van der Waals surface area contributed by atoms with Gasteiger partial charge in [0.2, 0.25) is 0 Å². The third-order valence-electron chi connectivity index (χ3n) is 4.93. The zero-order valence-corrected chi connectivity index (χ0v) is 14.5. The summed E-state index contributed by atoms with van der Waals surface area (Å²) < 4.78 is 15.2. The molecule has 0 aromatic carbocycles. The van der Waals surface area contributed by atoms with Crippen LogP contribution in [-0.2, 0) is 4.79 Å². The summed E-state index contributed by atoms with van der Waals surface area (Å²) >= 11 is 0. The molecule has 0 spiro atoms. The molecule has 1 aliphatic carbocycles. The normalized spacial score (nSPS) is 19.9. The standard InChI is InChI=1S/C18H19FN6O2/c19-11-3-6-15-21-8-14(25(15)9-11)17-22-7-13(20)16(24-17)23-12-4-1-10(2-5-12)18(26)27/h3,6-10,12H,1-2,4-5,20H2,(H,26,27)(H,22,23,24)/t10-,12-. The second-order valence-corrected chi connectivity index (χ2v) is 6.75. The van der Waals surface area contributed by atoms with Crippen molar-refractivity contribution in [2.75, 3.05) is 11.1 Å². The Morgan fingerprint density at radius 1 is 1.22 bits per heavy atom. The highest BCUT2D eigenvalue weighted by Crippen LogP contribution is 2.29. The van der Waals surface area contributed by atoms with Gasteiger partial charge in [0.1, 0.15) is 17.2 Å². The Balaban J connectivity index is 1.58. The number of nitrogens with two attached hydrogens (primary N) is 1. The lowest BCUT2D eigenvalue weighted by molar-refractivity contribution is -0.142. The number of nitrogens with zero attached hydrogens (tertiary/aromatic N) is 4. The zero-order valence-electron chi connectivity index (χ0n) is 14.5. The first-order chi connectivity index (χ1) is 13.0. The molecule has 3 aromatic rings. The Morgan fingerprint density at radius 2 is 2.00 bits per heavy atom. The SMILES string of the molecule is Nc1cnc(-c2cnc3ccc(F)cn23)nc1N[C@H]1CC[C@H](C(=O)O)CC1. The minimum atomic E-state index is -0.739. The van der Waals surface area contributed by atoms with Crippen molar-refractivity contribution in [2.45, 2.75) is 31.7 Å². The molecule has 0 saturated heterocycles. The number of nitrogens with one attached hydrogen (secondary N) is 1. The van der Waals surface area contributed by atoms with E-state index in [1.54, 1.807) is 16.7 Å². The molecule has 1 aliphatic rings. The predicted molar refractivity (Wildman–Crippen MR) is 97.6 cm³/mol. The molecule has 4 rings (SSSR count). The number of fused-ring (bicyclic) bond motifs is 1. The number of carbonyl (C=O) groups is 1. The minimum absolute atomic E-state index is 0.102. The number of aromatic nitrogens is 4. The van der Waals surface area contributed by atoms with Crippen molar-refractivity contribution in [3.05, 3.63) is 36.5 Å². The molecular weight excluding hydrogens is 351 g/mol. The van der Waals surface area contributed by atoms with Crippen LogP contribution in [0.4, 0.5) is 15.9 Å². The number of hydrogen-bond acceptors (Lipinski definition) is 6. The van der Waals surface area contributed by atoms with Crippen molar-refractivity contribution < 1.29 is 14.3 Å². The van der Waals surface area contributed by atoms with Gasteiger partial charge in [-0.3, -0.25) is 9.20 Å². The maximum atomic E-state index is 13.6. The molecular formula is C18H19FN6O2. The summed E-state index contributed by atoms with van der Waals surface area (Å²) in [4.78, 5) is 24.1. The second kappa shape index (κ2) is 6.82. The second-order valence-electron chi connectivity index (χ2n) is 6.75. The summed E-state index contributed by atoms with van der Waals surface area (Å²) in [6, 6.07) is 3.03. The summed E-state index contributed by atoms with van der Waals surface area (Å²) in [6.07, 6.45) is 7.13. The van der Waals surface area contributed by atoms with Gasteiger partial charge in [-0.05, 0) is 37.8 Å². The van der Waals surface area contributed by atoms with Crippen LogP contribution in [0.2, 0.25) is 0 Å². The fraction of sp³-hybridized carbons (Fsp3) is 0.333. The van der Waals surface area contributed by atoms with Crippen LogP contribution in [0.15, 0.2) is 30.7 Å². The van der Waals surface area contributed by atoms with Gasteiger partial charge in [0, 0.05) is 12.2 Å². The Labute approximate surface area is 154 Å². The molecule has 0 amide bonds. The van der Waals surface area contributed by atoms with E-state index in [2.05, 4.69) is 20.3 Å². The quantitative estimate of drug-likeness (QED) is 0.646. The van der Waals surface area contributed by atoms with Crippen molar-refractivity contribution in [3.8, 4) is 11.5 Å². The molecule has 8 nitrogen and oxygen atoms in total. The molecule has 27 heavy (non-hydrogen) atoms. The number of aliphatic carboxylic acids is 1. The van der Waals surface area contributed by atoms with Gasteiger partial charge in [0.05, 0.1) is 24.0 Å². The Morgan fingerprint density at radius 3 is 2.74 bits per heavy atom. The smallest absolute Gasteiger partial charge is 0.306 e. The maximum absolute atomic E-state index is 13.6. The lowest BCUT2D eigenvalue weighted by Crippen LogP contribution is -2.29. The third kappa shape index (κ3) is 3.40. The van der Waals surface area contributed by atoms with Crippen LogP contribution in [-0.4, -0.2) is 36.5 Å². The van der Waals surface area contributed by atoms with Gasteiger partial charge in [-0.15, -0.1) is 0 Å². The van der Waals surface area contributed by atoms with Crippen LogP contribution in [0.25, 0.3) is 17.2 Å². The number of hydrogen-bond donors (Lipinski definition) is 3. The summed E-state index contributed by atoms with van der Waals surface area (Å²) in [5.41, 5.74) is 7.56. The molecule has 9 heteroatoms. The molecule has 0 radical (unpaired) electrons. The van der Waals surface area contributed by atoms with Crippen molar-refractivity contribution >= 4 is 23.1 Å². The van der Waals surface area contributed by atoms with Gasteiger partial charge >= 0.3 is 5.97 Å². The molecule has 0 unspecified atom stereocenters. The van der Waals surface area contributed by atoms with E-state index < -0.39 is 5.97 Å². The minimum Gasteiger partial charge on any atom is -0.481 e. The number of pyridine rings is 1. The molecule has 0 bridgehead atoms. The van der Waals surface area contributed by atoms with Gasteiger partial charge in [0.25, 0.3) is 0 Å². The summed E-state index contributed by atoms with van der Waals surface area (Å²) in [5.74, 6) is -0.536. The first-order valence-corrected chi connectivity index (χ1v) is 8.76. The van der Waals surface area contributed by atoms with Gasteiger partial charge in [-0.25, -0.2) is 19.3 Å². The number of imidazole rings is 1. The molecule has 0 atom stereocenters. The highest BCUT2D eigenvalue weighted by atomic mass is 19.1. The first-order valence-electron chi connectivity index (χ1n) is 8.76. The van der Waals surface area contributed by atoms with E-state index in [0.717, 1.165) is 12.8 Å². The molecule has 140 valence electrons. The van der Waals surface area contributed by atoms with E-state index in [0.29, 0.717) is 41.5 Å². The van der Waals surface area contributed by atoms with Crippen LogP contribution in [0.5, 0.6) is 0 Å². The molecule has 0 aliphatic heterocycles. The van der Waals surface area contributed by atoms with Crippen LogP contribution < -0.4 is 11.1 Å². The van der Waals surface area contributed by atoms with Crippen LogP contribution in [0, 0.1) is 11.7 Å². The Hall–Kier alpha value is -3.23. The fourth-order valence-corrected chi connectivity index (χ4v) is 3.43. The maximum Gasteiger partial charge on any atom is 0.306 e. The first kappa shape index (κ1) is 17.2. The largest absolute Gasteiger partial charge is 0.481 e. The number of halogens is 1. The topological polar surface area (TPSA) is 118 Å². The van der Waals surface area contributed by atoms with Crippen molar-refractivity contribution in [3.63, 3.8) is 0 Å². The predicted octanol–water partition coefficient (Wildman–Crippen LogP) is 2.57. The van der Waals surface area contributed by atoms with E-state index >= 15 is 0 Å². The summed E-state index contributed by atoms with van der Waals surface area (Å²) in [6.45, 7) is 0. The van der Waals surface area contributed by atoms with Gasteiger partial charge < -0.3 is 16.2 Å². The molecule has 3 heterocycles. The van der Waals surface area contributed by atoms with Crippen molar-refractivity contribution in [1.82, 2.24) is 19.4 Å². The highest BCUT2D eigenvalue weighted by Gasteiger charge is 2.26. The number of carboxylic acids is 1. The fourth-order valence-electron chi connectivity index (χ4n) is 3.43. The zero-order chi connectivity index (χ0) is 19.0. The number of nitrogen functional groups attached to an aromatic ring is 1. The molecule has 3 aromatic heterocycles. The number of rotatable bonds is 4. The van der Waals surface area contributed by atoms with Gasteiger partial charge in [-0.1, -0.05) is 0 Å². The molecule has 1 fully saturated rings. The lowest BCUT2D eigenvalue weighted by Gasteiger charge is -2.27. The molecule has 4 N–H and O–H groups in total. The third-order valence-corrected chi connectivity index (χ3v) is 4.93. The average Bonchev–Trinajstić information content (AvgIpc) is 3.07. The Kier molecular flexibility index (Phi) is 4.35. The van der Waals surface area contributed by atoms with Gasteiger partial charge in [-0.2, -0.15) is 0 Å². The van der Waals surface area contributed by atoms with Crippen LogP contribution in [0.1, 0.15) is 25.7 Å². The molecule has 1 saturated carbocycles. The lowest BCUT2D eigenvalue weighted by atomic mass is 9.86. The van der Waals surface area contributed by atoms with E-state index in [1.807, 2.05) is 0 Å². The van der Waals surface area contributed by atoms with Crippen LogP contribution in [0.3, 0.4) is 0 Å². The van der Waals surface area contributed by atoms with E-state index in [9.17, 15) is 9.18 Å². The van der Waals surface area contributed by atoms with Crippen molar-refractivity contribution in [1.29, 1.82) is 0 Å². The van der Waals surface area contributed by atoms with Gasteiger partial charge in [0.15, 0.2) is 11.6 Å². The summed E-state index contributed by atoms with van der Waals surface area (Å²) in [5, 5.41) is 12.4. The van der Waals surface area contributed by atoms with E-state index in [1.165, 1.54) is 18.5 Å². The monoisotopic (exact) mass is 370 g/mol. The average molecular weight is 370 g/mol. The van der Waals surface area contributed by atoms with E-state index in [4.69, 9.17) is 10.8 Å². The van der Waals surface area contributed by atoms with Crippen molar-refractivity contribution in [2.24, 2.45) is 5.92 Å². The number of anilines is 2. The van der Waals surface area contributed by atoms with E-state index in [-0.39, 0.29) is 17.8 Å². The highest BCUT2D eigenvalue weighted by molar-refractivity contribution is 5.70. The number of carboxylic acid groups (broad SMARTS) is 1. The Bertz CT molecular complexity index is 997.